The van der Waals surface area contributed by atoms with E-state index in [9.17, 15) is 5.11 Å². The Labute approximate surface area is 162 Å². The zero-order valence-electron chi connectivity index (χ0n) is 16.1. The van der Waals surface area contributed by atoms with E-state index in [4.69, 9.17) is 0 Å². The Kier molecular flexibility index (Phi) is 6.22. The van der Waals surface area contributed by atoms with Crippen LogP contribution in [0.4, 0.5) is 0 Å². The van der Waals surface area contributed by atoms with Crippen LogP contribution in [-0.2, 0) is 6.42 Å². The third-order valence-electron chi connectivity index (χ3n) is 6.27. The van der Waals surface area contributed by atoms with Crippen LogP contribution in [0.1, 0.15) is 48.6 Å². The number of aromatic amines is 1. The molecule has 2 aromatic rings. The predicted molar refractivity (Wildman–Crippen MR) is 108 cm³/mol. The van der Waals surface area contributed by atoms with E-state index in [-0.39, 0.29) is 6.10 Å². The first-order valence-corrected chi connectivity index (χ1v) is 10.5. The Morgan fingerprint density at radius 1 is 1.07 bits per heavy atom. The second kappa shape index (κ2) is 9.00. The van der Waals surface area contributed by atoms with Crippen molar-refractivity contribution in [3.8, 4) is 0 Å². The Balaban J connectivity index is 1.25. The van der Waals surface area contributed by atoms with Gasteiger partial charge in [-0.1, -0.05) is 30.3 Å². The smallest absolute Gasteiger partial charge is 0.0696 e. The summed E-state index contributed by atoms with van der Waals surface area (Å²) in [5.41, 5.74) is 3.72. The maximum atomic E-state index is 10.6. The average Bonchev–Trinajstić information content (AvgIpc) is 3.18. The first-order chi connectivity index (χ1) is 13.3. The molecule has 27 heavy (non-hydrogen) atoms. The lowest BCUT2D eigenvalue weighted by molar-refractivity contribution is 0.0425. The van der Waals surface area contributed by atoms with Crippen LogP contribution in [0.3, 0.4) is 0 Å². The van der Waals surface area contributed by atoms with E-state index in [2.05, 4.69) is 56.8 Å². The van der Waals surface area contributed by atoms with Crippen molar-refractivity contribution in [1.82, 2.24) is 20.4 Å². The molecule has 0 saturated carbocycles. The molecule has 2 fully saturated rings. The van der Waals surface area contributed by atoms with E-state index in [0.717, 1.165) is 64.8 Å². The molecule has 0 radical (unpaired) electrons. The summed E-state index contributed by atoms with van der Waals surface area (Å²) in [7, 11) is 0. The van der Waals surface area contributed by atoms with E-state index in [1.54, 1.807) is 0 Å². The Hall–Kier alpha value is -1.69. The van der Waals surface area contributed by atoms with Crippen LogP contribution in [0.2, 0.25) is 0 Å². The predicted octanol–water partition coefficient (Wildman–Crippen LogP) is 2.54. The fourth-order valence-corrected chi connectivity index (χ4v) is 4.55. The largest absolute Gasteiger partial charge is 0.392 e. The van der Waals surface area contributed by atoms with Gasteiger partial charge in [0.05, 0.1) is 11.8 Å². The number of rotatable bonds is 6. The molecule has 0 amide bonds. The second-order valence-electron chi connectivity index (χ2n) is 8.21. The lowest BCUT2D eigenvalue weighted by atomic mass is 9.90. The van der Waals surface area contributed by atoms with Crippen LogP contribution in [0.5, 0.6) is 0 Å². The van der Waals surface area contributed by atoms with Crippen molar-refractivity contribution < 1.29 is 5.11 Å². The third-order valence-corrected chi connectivity index (χ3v) is 6.27. The molecule has 1 aromatic carbocycles. The third kappa shape index (κ3) is 4.98. The summed E-state index contributed by atoms with van der Waals surface area (Å²) in [4.78, 5) is 2.45. The van der Waals surface area contributed by atoms with Gasteiger partial charge in [-0.3, -0.25) is 5.10 Å². The first-order valence-electron chi connectivity index (χ1n) is 10.5. The van der Waals surface area contributed by atoms with Crippen molar-refractivity contribution >= 4 is 0 Å². The Bertz CT molecular complexity index is 687. The summed E-state index contributed by atoms with van der Waals surface area (Å²) >= 11 is 0. The average molecular weight is 369 g/mol. The molecule has 5 heteroatoms. The van der Waals surface area contributed by atoms with Gasteiger partial charge in [0.15, 0.2) is 0 Å². The number of likely N-dealkylation sites (tertiary alicyclic amines) is 1. The van der Waals surface area contributed by atoms with Gasteiger partial charge in [0.2, 0.25) is 0 Å². The number of aromatic nitrogens is 2. The fraction of sp³-hybridized carbons (Fsp3) is 0.591. The van der Waals surface area contributed by atoms with Crippen LogP contribution in [0.25, 0.3) is 0 Å². The van der Waals surface area contributed by atoms with Crippen molar-refractivity contribution in [2.75, 3.05) is 32.7 Å². The highest BCUT2D eigenvalue weighted by atomic mass is 16.3. The maximum Gasteiger partial charge on any atom is 0.0696 e. The minimum Gasteiger partial charge on any atom is -0.392 e. The van der Waals surface area contributed by atoms with Gasteiger partial charge in [-0.15, -0.1) is 0 Å². The number of hydrogen-bond acceptors (Lipinski definition) is 4. The number of β-amino-alcohol motifs (C(OH)–C–C–N with tert-alkyl or cyclic N) is 1. The van der Waals surface area contributed by atoms with E-state index in [0.29, 0.717) is 11.8 Å². The molecule has 1 aromatic heterocycles. The SMILES string of the molecule is OC(CN1CCC(c2cc(Cc3ccccc3)[nH]n2)CC1)C1CCNCC1. The van der Waals surface area contributed by atoms with Crippen molar-refractivity contribution in [3.63, 3.8) is 0 Å². The van der Waals surface area contributed by atoms with E-state index >= 15 is 0 Å². The summed E-state index contributed by atoms with van der Waals surface area (Å²) in [5.74, 6) is 1.01. The van der Waals surface area contributed by atoms with Gasteiger partial charge in [0, 0.05) is 24.6 Å². The number of hydrogen-bond donors (Lipinski definition) is 3. The van der Waals surface area contributed by atoms with Gasteiger partial charge in [0.1, 0.15) is 0 Å². The van der Waals surface area contributed by atoms with E-state index in [1.807, 2.05) is 0 Å². The number of aliphatic hydroxyl groups excluding tert-OH is 1. The molecule has 146 valence electrons. The molecule has 1 atom stereocenters. The minimum atomic E-state index is -0.175. The van der Waals surface area contributed by atoms with Crippen molar-refractivity contribution in [3.05, 3.63) is 53.3 Å². The minimum absolute atomic E-state index is 0.175. The quantitative estimate of drug-likeness (QED) is 0.733. The second-order valence-corrected chi connectivity index (χ2v) is 8.21. The molecule has 1 unspecified atom stereocenters. The molecule has 2 aliphatic heterocycles. The summed E-state index contributed by atoms with van der Waals surface area (Å²) in [5, 5.41) is 21.8. The Morgan fingerprint density at radius 3 is 2.56 bits per heavy atom. The zero-order chi connectivity index (χ0) is 18.5. The van der Waals surface area contributed by atoms with Gasteiger partial charge in [-0.05, 0) is 69.4 Å². The number of aliphatic hydroxyl groups is 1. The molecular formula is C22H32N4O. The highest BCUT2D eigenvalue weighted by molar-refractivity contribution is 5.23. The topological polar surface area (TPSA) is 64.2 Å². The molecule has 0 spiro atoms. The lowest BCUT2D eigenvalue weighted by Crippen LogP contribution is -2.43. The first kappa shape index (κ1) is 18.7. The van der Waals surface area contributed by atoms with Crippen molar-refractivity contribution in [2.45, 2.75) is 44.1 Å². The van der Waals surface area contributed by atoms with Crippen molar-refractivity contribution in [2.24, 2.45) is 5.92 Å². The van der Waals surface area contributed by atoms with E-state index in [1.165, 1.54) is 17.0 Å². The molecule has 3 N–H and O–H groups in total. The standard InChI is InChI=1S/C22H32N4O/c27-22(19-6-10-23-11-7-19)16-26-12-8-18(9-13-26)21-15-20(24-25-21)14-17-4-2-1-3-5-17/h1-5,15,18-19,22-23,27H,6-14,16H2,(H,24,25). The molecule has 0 bridgehead atoms. The van der Waals surface area contributed by atoms with E-state index < -0.39 is 0 Å². The monoisotopic (exact) mass is 368 g/mol. The number of piperidine rings is 2. The van der Waals surface area contributed by atoms with Gasteiger partial charge in [0.25, 0.3) is 0 Å². The molecule has 4 rings (SSSR count). The number of benzene rings is 1. The highest BCUT2D eigenvalue weighted by Gasteiger charge is 2.27. The van der Waals surface area contributed by atoms with Crippen molar-refractivity contribution in [1.29, 1.82) is 0 Å². The number of H-pyrrole nitrogens is 1. The van der Waals surface area contributed by atoms with Crippen LogP contribution in [0.15, 0.2) is 36.4 Å². The molecule has 3 heterocycles. The molecule has 2 aliphatic rings. The molecule has 5 nitrogen and oxygen atoms in total. The van der Waals surface area contributed by atoms with Crippen LogP contribution >= 0.6 is 0 Å². The van der Waals surface area contributed by atoms with Crippen LogP contribution in [0, 0.1) is 5.92 Å². The van der Waals surface area contributed by atoms with Gasteiger partial charge < -0.3 is 15.3 Å². The maximum absolute atomic E-state index is 10.6. The molecule has 2 saturated heterocycles. The van der Waals surface area contributed by atoms with Gasteiger partial charge in [-0.25, -0.2) is 0 Å². The summed E-state index contributed by atoms with van der Waals surface area (Å²) in [6.07, 6.45) is 5.22. The summed E-state index contributed by atoms with van der Waals surface area (Å²) in [6, 6.07) is 12.8. The summed E-state index contributed by atoms with van der Waals surface area (Å²) in [6.45, 7) is 5.06. The zero-order valence-corrected chi connectivity index (χ0v) is 16.1. The molecular weight excluding hydrogens is 336 g/mol. The van der Waals surface area contributed by atoms with Gasteiger partial charge in [-0.2, -0.15) is 5.10 Å². The highest BCUT2D eigenvalue weighted by Crippen LogP contribution is 2.28. The lowest BCUT2D eigenvalue weighted by Gasteiger charge is -2.35. The Morgan fingerprint density at radius 2 is 1.81 bits per heavy atom. The number of nitrogens with one attached hydrogen (secondary N) is 2. The van der Waals surface area contributed by atoms with Crippen LogP contribution in [-0.4, -0.2) is 59.0 Å². The number of nitrogens with zero attached hydrogens (tertiary/aromatic N) is 2. The summed E-state index contributed by atoms with van der Waals surface area (Å²) < 4.78 is 0. The van der Waals surface area contributed by atoms with Gasteiger partial charge >= 0.3 is 0 Å². The fourth-order valence-electron chi connectivity index (χ4n) is 4.55. The van der Waals surface area contributed by atoms with Crippen LogP contribution < -0.4 is 5.32 Å². The molecule has 0 aliphatic carbocycles. The normalized spacial score (nSPS) is 21.4.